The maximum atomic E-state index is 10.2. The highest BCUT2D eigenvalue weighted by Gasteiger charge is 2.36. The first kappa shape index (κ1) is 11.9. The van der Waals surface area contributed by atoms with E-state index in [2.05, 4.69) is 19.8 Å². The fraction of sp³-hybridized carbons (Fsp3) is 0.692. The third-order valence-electron chi connectivity index (χ3n) is 4.01. The van der Waals surface area contributed by atoms with Gasteiger partial charge in [0.15, 0.2) is 0 Å². The van der Waals surface area contributed by atoms with Crippen molar-refractivity contribution < 1.29 is 5.11 Å². The topological polar surface area (TPSA) is 52.5 Å². The summed E-state index contributed by atoms with van der Waals surface area (Å²) in [5.74, 6) is 0.819. The lowest BCUT2D eigenvalue weighted by Gasteiger charge is -2.43. The maximum Gasteiger partial charge on any atom is 0.225 e. The van der Waals surface area contributed by atoms with Crippen LogP contribution >= 0.6 is 0 Å². The molecule has 18 heavy (non-hydrogen) atoms. The standard InChI is InChI=1S/C13H20N4O/c18-13(3-1-4-13)11-16-7-9-17(10-8-16)12-14-5-2-6-15-12/h2,5-6,18H,1,3-4,7-11H2. The zero-order valence-corrected chi connectivity index (χ0v) is 10.6. The van der Waals surface area contributed by atoms with Gasteiger partial charge < -0.3 is 10.0 Å². The van der Waals surface area contributed by atoms with Gasteiger partial charge in [0.25, 0.3) is 0 Å². The van der Waals surface area contributed by atoms with Gasteiger partial charge in [0.1, 0.15) is 0 Å². The summed E-state index contributed by atoms with van der Waals surface area (Å²) in [5, 5.41) is 10.2. The SMILES string of the molecule is OC1(CN2CCN(c3ncccn3)CC2)CCC1. The monoisotopic (exact) mass is 248 g/mol. The molecule has 1 N–H and O–H groups in total. The third-order valence-corrected chi connectivity index (χ3v) is 4.01. The molecular formula is C13H20N4O. The molecule has 3 rings (SSSR count). The zero-order valence-electron chi connectivity index (χ0n) is 10.6. The van der Waals surface area contributed by atoms with Gasteiger partial charge in [-0.25, -0.2) is 9.97 Å². The smallest absolute Gasteiger partial charge is 0.225 e. The summed E-state index contributed by atoms with van der Waals surface area (Å²) in [6, 6.07) is 1.84. The van der Waals surface area contributed by atoms with Crippen molar-refractivity contribution in [2.45, 2.75) is 24.9 Å². The van der Waals surface area contributed by atoms with Crippen LogP contribution in [0.25, 0.3) is 0 Å². The van der Waals surface area contributed by atoms with Crippen molar-refractivity contribution in [1.82, 2.24) is 14.9 Å². The van der Waals surface area contributed by atoms with E-state index in [1.54, 1.807) is 12.4 Å². The first-order valence-electron chi connectivity index (χ1n) is 6.72. The summed E-state index contributed by atoms with van der Waals surface area (Å²) in [4.78, 5) is 13.1. The minimum absolute atomic E-state index is 0.397. The normalized spacial score (nSPS) is 23.7. The quantitative estimate of drug-likeness (QED) is 0.845. The Morgan fingerprint density at radius 1 is 1.11 bits per heavy atom. The molecule has 0 unspecified atom stereocenters. The second-order valence-electron chi connectivity index (χ2n) is 5.39. The van der Waals surface area contributed by atoms with E-state index in [4.69, 9.17) is 0 Å². The molecule has 2 aliphatic rings. The molecular weight excluding hydrogens is 228 g/mol. The number of hydrogen-bond donors (Lipinski definition) is 1. The molecule has 0 aromatic carbocycles. The highest BCUT2D eigenvalue weighted by molar-refractivity contribution is 5.29. The fourth-order valence-electron chi connectivity index (χ4n) is 2.72. The van der Waals surface area contributed by atoms with E-state index < -0.39 is 5.60 Å². The summed E-state index contributed by atoms with van der Waals surface area (Å²) >= 11 is 0. The first-order valence-corrected chi connectivity index (χ1v) is 6.72. The summed E-state index contributed by atoms with van der Waals surface area (Å²) in [6.07, 6.45) is 6.68. The molecule has 0 radical (unpaired) electrons. The van der Waals surface area contributed by atoms with Gasteiger partial charge in [0.05, 0.1) is 5.60 Å². The second-order valence-corrected chi connectivity index (χ2v) is 5.39. The molecule has 5 heteroatoms. The van der Waals surface area contributed by atoms with Gasteiger partial charge in [0.2, 0.25) is 5.95 Å². The van der Waals surface area contributed by atoms with Crippen LogP contribution in [0.5, 0.6) is 0 Å². The van der Waals surface area contributed by atoms with E-state index in [-0.39, 0.29) is 0 Å². The van der Waals surface area contributed by atoms with Crippen LogP contribution < -0.4 is 4.90 Å². The molecule has 0 bridgehead atoms. The van der Waals surface area contributed by atoms with Crippen LogP contribution in [-0.2, 0) is 0 Å². The predicted molar refractivity (Wildman–Crippen MR) is 69.5 cm³/mol. The molecule has 5 nitrogen and oxygen atoms in total. The molecule has 1 aromatic heterocycles. The number of anilines is 1. The Kier molecular flexibility index (Phi) is 3.18. The van der Waals surface area contributed by atoms with E-state index in [0.29, 0.717) is 0 Å². The summed E-state index contributed by atoms with van der Waals surface area (Å²) in [6.45, 7) is 4.69. The van der Waals surface area contributed by atoms with E-state index in [9.17, 15) is 5.11 Å². The van der Waals surface area contributed by atoms with Crippen LogP contribution in [0.15, 0.2) is 18.5 Å². The van der Waals surface area contributed by atoms with Crippen LogP contribution in [-0.4, -0.2) is 58.3 Å². The van der Waals surface area contributed by atoms with Gasteiger partial charge >= 0.3 is 0 Å². The summed E-state index contributed by atoms with van der Waals surface area (Å²) in [5.41, 5.74) is -0.397. The average molecular weight is 248 g/mol. The molecule has 0 spiro atoms. The van der Waals surface area contributed by atoms with Crippen LogP contribution in [0, 0.1) is 0 Å². The van der Waals surface area contributed by atoms with E-state index in [1.165, 1.54) is 6.42 Å². The Labute approximate surface area is 107 Å². The molecule has 1 aromatic rings. The minimum Gasteiger partial charge on any atom is -0.389 e. The Morgan fingerprint density at radius 3 is 2.33 bits per heavy atom. The van der Waals surface area contributed by atoms with Crippen molar-refractivity contribution in [2.75, 3.05) is 37.6 Å². The fourth-order valence-corrected chi connectivity index (χ4v) is 2.72. The van der Waals surface area contributed by atoms with Gasteiger partial charge in [0, 0.05) is 45.1 Å². The third kappa shape index (κ3) is 2.47. The van der Waals surface area contributed by atoms with Crippen molar-refractivity contribution in [3.05, 3.63) is 18.5 Å². The van der Waals surface area contributed by atoms with Gasteiger partial charge in [-0.1, -0.05) is 0 Å². The Balaban J connectivity index is 1.52. The van der Waals surface area contributed by atoms with Crippen molar-refractivity contribution in [3.63, 3.8) is 0 Å². The number of hydrogen-bond acceptors (Lipinski definition) is 5. The average Bonchev–Trinajstić information content (AvgIpc) is 2.39. The van der Waals surface area contributed by atoms with Crippen LogP contribution in [0.2, 0.25) is 0 Å². The summed E-state index contributed by atoms with van der Waals surface area (Å²) < 4.78 is 0. The van der Waals surface area contributed by atoms with Crippen LogP contribution in [0.4, 0.5) is 5.95 Å². The zero-order chi connectivity index (χ0) is 12.4. The number of rotatable bonds is 3. The van der Waals surface area contributed by atoms with E-state index in [1.807, 2.05) is 6.07 Å². The van der Waals surface area contributed by atoms with E-state index in [0.717, 1.165) is 51.5 Å². The lowest BCUT2D eigenvalue weighted by molar-refractivity contribution is -0.0594. The molecule has 2 fully saturated rings. The van der Waals surface area contributed by atoms with Crippen LogP contribution in [0.3, 0.4) is 0 Å². The van der Waals surface area contributed by atoms with Crippen LogP contribution in [0.1, 0.15) is 19.3 Å². The van der Waals surface area contributed by atoms with E-state index >= 15 is 0 Å². The predicted octanol–water partition coefficient (Wildman–Crippen LogP) is 0.514. The molecule has 0 amide bonds. The molecule has 1 aliphatic heterocycles. The van der Waals surface area contributed by atoms with Gasteiger partial charge in [-0.2, -0.15) is 0 Å². The molecule has 98 valence electrons. The van der Waals surface area contributed by atoms with Crippen molar-refractivity contribution in [3.8, 4) is 0 Å². The first-order chi connectivity index (χ1) is 8.75. The minimum atomic E-state index is -0.397. The number of β-amino-alcohol motifs (C(OH)–C–C–N with tert-alkyl or cyclic N) is 1. The van der Waals surface area contributed by atoms with Gasteiger partial charge in [-0.05, 0) is 25.3 Å². The summed E-state index contributed by atoms with van der Waals surface area (Å²) in [7, 11) is 0. The van der Waals surface area contributed by atoms with Crippen molar-refractivity contribution >= 4 is 5.95 Å². The molecule has 1 saturated carbocycles. The molecule has 0 atom stereocenters. The Hall–Kier alpha value is -1.20. The molecule has 2 heterocycles. The van der Waals surface area contributed by atoms with Gasteiger partial charge in [-0.3, -0.25) is 4.90 Å². The highest BCUT2D eigenvalue weighted by atomic mass is 16.3. The van der Waals surface area contributed by atoms with Gasteiger partial charge in [-0.15, -0.1) is 0 Å². The second kappa shape index (κ2) is 4.82. The number of aliphatic hydroxyl groups is 1. The Morgan fingerprint density at radius 2 is 1.78 bits per heavy atom. The lowest BCUT2D eigenvalue weighted by Crippen LogP contribution is -2.54. The maximum absolute atomic E-state index is 10.2. The molecule has 1 aliphatic carbocycles. The Bertz CT molecular complexity index is 385. The largest absolute Gasteiger partial charge is 0.389 e. The number of piperazine rings is 1. The number of nitrogens with zero attached hydrogens (tertiary/aromatic N) is 4. The highest BCUT2D eigenvalue weighted by Crippen LogP contribution is 2.32. The lowest BCUT2D eigenvalue weighted by atomic mass is 9.80. The molecule has 1 saturated heterocycles. The van der Waals surface area contributed by atoms with Crippen molar-refractivity contribution in [1.29, 1.82) is 0 Å². The van der Waals surface area contributed by atoms with Crippen molar-refractivity contribution in [2.24, 2.45) is 0 Å². The number of aromatic nitrogens is 2.